The molecule has 0 radical (unpaired) electrons. The number of aryl methyl sites for hydroxylation is 2. The van der Waals surface area contributed by atoms with Gasteiger partial charge in [-0.1, -0.05) is 24.3 Å². The van der Waals surface area contributed by atoms with Crippen LogP contribution in [0, 0.1) is 19.7 Å². The summed E-state index contributed by atoms with van der Waals surface area (Å²) in [6, 6.07) is 15.6. The molecule has 178 valence electrons. The molecule has 0 saturated heterocycles. The minimum atomic E-state index is -0.785. The van der Waals surface area contributed by atoms with Crippen LogP contribution in [0.2, 0.25) is 0 Å². The van der Waals surface area contributed by atoms with E-state index in [2.05, 4.69) is 5.32 Å². The fraction of sp³-hybridized carbons (Fsp3) is 0.185. The lowest BCUT2D eigenvalue weighted by Crippen LogP contribution is -2.30. The molecule has 4 rings (SSSR count). The molecule has 0 atom stereocenters. The van der Waals surface area contributed by atoms with Gasteiger partial charge in [0.2, 0.25) is 0 Å². The van der Waals surface area contributed by atoms with Gasteiger partial charge in [-0.3, -0.25) is 14.4 Å². The molecule has 8 heteroatoms. The number of ether oxygens (including phenoxy) is 1. The first-order valence-corrected chi connectivity index (χ1v) is 11.0. The molecular weight excluding hydrogens is 451 g/mol. The zero-order valence-electron chi connectivity index (χ0n) is 19.3. The average molecular weight is 474 g/mol. The van der Waals surface area contributed by atoms with E-state index in [-0.39, 0.29) is 22.5 Å². The Kier molecular flexibility index (Phi) is 6.73. The molecule has 7 nitrogen and oxygen atoms in total. The van der Waals surface area contributed by atoms with E-state index in [1.165, 1.54) is 30.3 Å². The molecule has 3 aromatic rings. The van der Waals surface area contributed by atoms with Crippen LogP contribution in [0.4, 0.5) is 10.1 Å². The Bertz CT molecular complexity index is 1330. The number of hydrogen-bond donors (Lipinski definition) is 1. The number of imide groups is 1. The summed E-state index contributed by atoms with van der Waals surface area (Å²) in [5.74, 6) is -2.59. The summed E-state index contributed by atoms with van der Waals surface area (Å²) in [5.41, 5.74) is 3.40. The van der Waals surface area contributed by atoms with Gasteiger partial charge in [-0.15, -0.1) is 0 Å². The standard InChI is InChI=1S/C27H23FN2O5/c1-16-3-4-17(2)23(13-16)30-25(32)21-10-7-19(14-22(21)26(30)33)27(34)35-15-24(31)29-12-11-18-5-8-20(28)9-6-18/h3-10,13-14H,11-12,15H2,1-2H3,(H,29,31). The normalized spacial score (nSPS) is 12.5. The van der Waals surface area contributed by atoms with Crippen molar-refractivity contribution in [2.45, 2.75) is 20.3 Å². The molecule has 0 bridgehead atoms. The molecule has 1 aliphatic heterocycles. The number of anilines is 1. The summed E-state index contributed by atoms with van der Waals surface area (Å²) in [5, 5.41) is 2.63. The number of esters is 1. The smallest absolute Gasteiger partial charge is 0.338 e. The molecular formula is C27H23FN2O5. The number of benzene rings is 3. The van der Waals surface area contributed by atoms with E-state index in [1.807, 2.05) is 26.0 Å². The first-order valence-electron chi connectivity index (χ1n) is 11.0. The molecule has 0 aromatic heterocycles. The highest BCUT2D eigenvalue weighted by Gasteiger charge is 2.38. The van der Waals surface area contributed by atoms with Crippen molar-refractivity contribution in [3.05, 3.63) is 99.9 Å². The van der Waals surface area contributed by atoms with Crippen molar-refractivity contribution in [1.29, 1.82) is 0 Å². The zero-order chi connectivity index (χ0) is 25.1. The molecule has 35 heavy (non-hydrogen) atoms. The number of amides is 3. The third-order valence-electron chi connectivity index (χ3n) is 5.71. The number of nitrogens with zero attached hydrogens (tertiary/aromatic N) is 1. The summed E-state index contributed by atoms with van der Waals surface area (Å²) in [4.78, 5) is 51.5. The van der Waals surface area contributed by atoms with Crippen LogP contribution in [0.5, 0.6) is 0 Å². The molecule has 1 aliphatic rings. The van der Waals surface area contributed by atoms with Gasteiger partial charge in [0.15, 0.2) is 6.61 Å². The van der Waals surface area contributed by atoms with Gasteiger partial charge in [0.25, 0.3) is 17.7 Å². The van der Waals surface area contributed by atoms with Gasteiger partial charge < -0.3 is 10.1 Å². The van der Waals surface area contributed by atoms with Crippen LogP contribution >= 0.6 is 0 Å². The molecule has 0 spiro atoms. The zero-order valence-corrected chi connectivity index (χ0v) is 19.3. The van der Waals surface area contributed by atoms with Crippen LogP contribution in [0.3, 0.4) is 0 Å². The van der Waals surface area contributed by atoms with Crippen LogP contribution in [0.1, 0.15) is 47.8 Å². The molecule has 0 fully saturated rings. The van der Waals surface area contributed by atoms with Crippen molar-refractivity contribution in [2.75, 3.05) is 18.1 Å². The van der Waals surface area contributed by atoms with E-state index in [9.17, 15) is 23.6 Å². The second-order valence-electron chi connectivity index (χ2n) is 8.30. The second kappa shape index (κ2) is 9.89. The predicted octanol–water partition coefficient (Wildman–Crippen LogP) is 3.76. The Labute approximate surface area is 201 Å². The van der Waals surface area contributed by atoms with Gasteiger partial charge in [-0.05, 0) is 73.4 Å². The van der Waals surface area contributed by atoms with Crippen LogP contribution in [-0.2, 0) is 16.0 Å². The fourth-order valence-electron chi connectivity index (χ4n) is 3.81. The quantitative estimate of drug-likeness (QED) is 0.416. The van der Waals surface area contributed by atoms with Crippen molar-refractivity contribution in [3.8, 4) is 0 Å². The van der Waals surface area contributed by atoms with E-state index < -0.39 is 30.3 Å². The van der Waals surface area contributed by atoms with Gasteiger partial charge in [-0.2, -0.15) is 0 Å². The predicted molar refractivity (Wildman–Crippen MR) is 127 cm³/mol. The highest BCUT2D eigenvalue weighted by atomic mass is 19.1. The van der Waals surface area contributed by atoms with Crippen molar-refractivity contribution in [2.24, 2.45) is 0 Å². The molecule has 0 saturated carbocycles. The molecule has 1 N–H and O–H groups in total. The summed E-state index contributed by atoms with van der Waals surface area (Å²) < 4.78 is 18.0. The fourth-order valence-corrected chi connectivity index (χ4v) is 3.81. The average Bonchev–Trinajstić information content (AvgIpc) is 3.09. The van der Waals surface area contributed by atoms with Crippen molar-refractivity contribution in [3.63, 3.8) is 0 Å². The minimum Gasteiger partial charge on any atom is -0.452 e. The Hall–Kier alpha value is -4.33. The monoisotopic (exact) mass is 474 g/mol. The van der Waals surface area contributed by atoms with Crippen LogP contribution < -0.4 is 10.2 Å². The molecule has 1 heterocycles. The van der Waals surface area contributed by atoms with E-state index in [0.29, 0.717) is 18.7 Å². The Morgan fingerprint density at radius 3 is 2.37 bits per heavy atom. The van der Waals surface area contributed by atoms with Crippen LogP contribution in [-0.4, -0.2) is 36.8 Å². The van der Waals surface area contributed by atoms with Gasteiger partial charge in [-0.25, -0.2) is 14.1 Å². The third kappa shape index (κ3) is 5.11. The molecule has 3 aromatic carbocycles. The molecule has 3 amide bonds. The van der Waals surface area contributed by atoms with E-state index >= 15 is 0 Å². The lowest BCUT2D eigenvalue weighted by Gasteiger charge is -2.17. The number of carbonyl (C=O) groups is 4. The van der Waals surface area contributed by atoms with Crippen molar-refractivity contribution < 1.29 is 28.3 Å². The van der Waals surface area contributed by atoms with Crippen molar-refractivity contribution >= 4 is 29.4 Å². The maximum absolute atomic E-state index is 13.0. The summed E-state index contributed by atoms with van der Waals surface area (Å²) >= 11 is 0. The van der Waals surface area contributed by atoms with Crippen molar-refractivity contribution in [1.82, 2.24) is 5.32 Å². The Balaban J connectivity index is 1.37. The first-order chi connectivity index (χ1) is 16.7. The summed E-state index contributed by atoms with van der Waals surface area (Å²) in [7, 11) is 0. The molecule has 0 unspecified atom stereocenters. The summed E-state index contributed by atoms with van der Waals surface area (Å²) in [6.45, 7) is 3.48. The summed E-state index contributed by atoms with van der Waals surface area (Å²) in [6.07, 6.45) is 0.498. The van der Waals surface area contributed by atoms with Gasteiger partial charge in [0, 0.05) is 6.54 Å². The maximum atomic E-state index is 13.0. The topological polar surface area (TPSA) is 92.8 Å². The number of halogens is 1. The van der Waals surface area contributed by atoms with Gasteiger partial charge >= 0.3 is 5.97 Å². The maximum Gasteiger partial charge on any atom is 0.338 e. The van der Waals surface area contributed by atoms with Gasteiger partial charge in [0.1, 0.15) is 5.82 Å². The van der Waals surface area contributed by atoms with Gasteiger partial charge in [0.05, 0.1) is 22.4 Å². The van der Waals surface area contributed by atoms with Crippen LogP contribution in [0.15, 0.2) is 60.7 Å². The second-order valence-corrected chi connectivity index (χ2v) is 8.30. The minimum absolute atomic E-state index is 0.0619. The number of carbonyl (C=O) groups excluding carboxylic acids is 4. The lowest BCUT2D eigenvalue weighted by atomic mass is 10.1. The lowest BCUT2D eigenvalue weighted by molar-refractivity contribution is -0.124. The van der Waals surface area contributed by atoms with E-state index in [4.69, 9.17) is 4.74 Å². The van der Waals surface area contributed by atoms with E-state index in [1.54, 1.807) is 18.2 Å². The number of nitrogens with one attached hydrogen (secondary N) is 1. The Morgan fingerprint density at radius 2 is 1.63 bits per heavy atom. The van der Waals surface area contributed by atoms with Crippen LogP contribution in [0.25, 0.3) is 0 Å². The number of hydrogen-bond acceptors (Lipinski definition) is 5. The van der Waals surface area contributed by atoms with E-state index in [0.717, 1.165) is 21.6 Å². The highest BCUT2D eigenvalue weighted by Crippen LogP contribution is 2.31. The third-order valence-corrected chi connectivity index (χ3v) is 5.71. The number of rotatable bonds is 7. The molecule has 0 aliphatic carbocycles. The Morgan fingerprint density at radius 1 is 0.914 bits per heavy atom. The SMILES string of the molecule is Cc1ccc(C)c(N2C(=O)c3ccc(C(=O)OCC(=O)NCCc4ccc(F)cc4)cc3C2=O)c1. The largest absolute Gasteiger partial charge is 0.452 e. The first kappa shape index (κ1) is 23.8. The highest BCUT2D eigenvalue weighted by molar-refractivity contribution is 6.35. The number of fused-ring (bicyclic) bond motifs is 1.